The molecular formula is C18H24N3O2S+. The molecule has 24 heavy (non-hydrogen) atoms. The normalized spacial score (nSPS) is 13.1. The van der Waals surface area contributed by atoms with E-state index in [2.05, 4.69) is 10.6 Å². The molecule has 2 aromatic rings. The van der Waals surface area contributed by atoms with Crippen molar-refractivity contribution in [3.8, 4) is 0 Å². The average molecular weight is 346 g/mol. The van der Waals surface area contributed by atoms with Gasteiger partial charge in [-0.2, -0.15) is 0 Å². The number of carbonyl (C=O) groups is 2. The quantitative estimate of drug-likeness (QED) is 0.700. The van der Waals surface area contributed by atoms with Crippen LogP contribution in [0.2, 0.25) is 0 Å². The van der Waals surface area contributed by atoms with Crippen molar-refractivity contribution in [2.45, 2.75) is 19.5 Å². The molecule has 1 aromatic carbocycles. The summed E-state index contributed by atoms with van der Waals surface area (Å²) in [7, 11) is 3.60. The first-order chi connectivity index (χ1) is 11.5. The van der Waals surface area contributed by atoms with Crippen LogP contribution in [-0.4, -0.2) is 32.5 Å². The summed E-state index contributed by atoms with van der Waals surface area (Å²) >= 11 is 1.65. The summed E-state index contributed by atoms with van der Waals surface area (Å²) in [5, 5.41) is 7.64. The maximum Gasteiger partial charge on any atom is 0.275 e. The van der Waals surface area contributed by atoms with E-state index in [-0.39, 0.29) is 17.9 Å². The highest BCUT2D eigenvalue weighted by molar-refractivity contribution is 7.10. The molecule has 1 heterocycles. The van der Waals surface area contributed by atoms with Gasteiger partial charge in [-0.15, -0.1) is 11.3 Å². The van der Waals surface area contributed by atoms with E-state index < -0.39 is 0 Å². The lowest BCUT2D eigenvalue weighted by molar-refractivity contribution is -0.885. The molecule has 0 aliphatic heterocycles. The molecule has 1 aromatic heterocycles. The van der Waals surface area contributed by atoms with Gasteiger partial charge in [-0.3, -0.25) is 9.59 Å². The van der Waals surface area contributed by atoms with Gasteiger partial charge in [-0.25, -0.2) is 0 Å². The van der Waals surface area contributed by atoms with Gasteiger partial charge in [0.05, 0.1) is 13.1 Å². The Morgan fingerprint density at radius 3 is 2.50 bits per heavy atom. The second-order valence-electron chi connectivity index (χ2n) is 5.89. The number of hydrogen-bond acceptors (Lipinski definition) is 3. The predicted octanol–water partition coefficient (Wildman–Crippen LogP) is 1.000. The molecular weight excluding hydrogens is 322 g/mol. The number of likely N-dealkylation sites (N-methyl/N-ethyl adjacent to an activating group) is 1. The number of carbonyl (C=O) groups excluding carboxylic acids is 2. The lowest BCUT2D eigenvalue weighted by atomic mass is 10.1. The minimum Gasteiger partial charge on any atom is -0.355 e. The Morgan fingerprint density at radius 1 is 1.21 bits per heavy atom. The fourth-order valence-electron chi connectivity index (χ4n) is 2.50. The van der Waals surface area contributed by atoms with Gasteiger partial charge in [0.25, 0.3) is 11.8 Å². The maximum absolute atomic E-state index is 12.2. The van der Waals surface area contributed by atoms with E-state index in [4.69, 9.17) is 0 Å². The Bertz CT molecular complexity index is 668. The molecule has 128 valence electrons. The third-order valence-corrected chi connectivity index (χ3v) is 4.81. The summed E-state index contributed by atoms with van der Waals surface area (Å²) in [5.41, 5.74) is 1.74. The number of quaternary nitrogens is 1. The Hall–Kier alpha value is -2.18. The van der Waals surface area contributed by atoms with Crippen molar-refractivity contribution < 1.29 is 14.5 Å². The second-order valence-corrected chi connectivity index (χ2v) is 6.87. The molecule has 0 radical (unpaired) electrons. The summed E-state index contributed by atoms with van der Waals surface area (Å²) in [6, 6.07) is 11.5. The molecule has 0 saturated heterocycles. The van der Waals surface area contributed by atoms with Crippen molar-refractivity contribution >= 4 is 23.2 Å². The van der Waals surface area contributed by atoms with Gasteiger partial charge >= 0.3 is 0 Å². The summed E-state index contributed by atoms with van der Waals surface area (Å²) in [6.07, 6.45) is 0. The van der Waals surface area contributed by atoms with Crippen LogP contribution < -0.4 is 15.5 Å². The van der Waals surface area contributed by atoms with Crippen LogP contribution in [0.3, 0.4) is 0 Å². The van der Waals surface area contributed by atoms with Crippen LogP contribution in [-0.2, 0) is 11.3 Å². The highest BCUT2D eigenvalue weighted by Crippen LogP contribution is 2.17. The Morgan fingerprint density at radius 2 is 1.92 bits per heavy atom. The second kappa shape index (κ2) is 8.61. The molecule has 2 atom stereocenters. The summed E-state index contributed by atoms with van der Waals surface area (Å²) < 4.78 is 0. The van der Waals surface area contributed by atoms with Crippen LogP contribution in [0.15, 0.2) is 41.8 Å². The highest BCUT2D eigenvalue weighted by atomic mass is 32.1. The van der Waals surface area contributed by atoms with Crippen LogP contribution in [0.4, 0.5) is 0 Å². The molecule has 0 bridgehead atoms. The van der Waals surface area contributed by atoms with E-state index in [1.807, 2.05) is 43.6 Å². The minimum atomic E-state index is -0.0933. The van der Waals surface area contributed by atoms with E-state index in [1.165, 1.54) is 0 Å². The molecule has 2 rings (SSSR count). The first-order valence-corrected chi connectivity index (χ1v) is 8.82. The molecule has 0 aliphatic carbocycles. The fraction of sp³-hybridized carbons (Fsp3) is 0.333. The monoisotopic (exact) mass is 346 g/mol. The van der Waals surface area contributed by atoms with Crippen LogP contribution in [0, 0.1) is 0 Å². The zero-order valence-corrected chi connectivity index (χ0v) is 15.1. The fourth-order valence-corrected chi connectivity index (χ4v) is 3.24. The van der Waals surface area contributed by atoms with E-state index in [9.17, 15) is 9.59 Å². The van der Waals surface area contributed by atoms with Crippen LogP contribution in [0.1, 0.15) is 33.8 Å². The van der Waals surface area contributed by atoms with Crippen LogP contribution in [0.25, 0.3) is 0 Å². The number of hydrogen-bond donors (Lipinski definition) is 3. The minimum absolute atomic E-state index is 0.0374. The topological polar surface area (TPSA) is 62.6 Å². The largest absolute Gasteiger partial charge is 0.355 e. The Balaban J connectivity index is 1.82. The van der Waals surface area contributed by atoms with E-state index >= 15 is 0 Å². The van der Waals surface area contributed by atoms with E-state index in [1.54, 1.807) is 30.5 Å². The first-order valence-electron chi connectivity index (χ1n) is 7.94. The number of thiophene rings is 1. The molecule has 1 unspecified atom stereocenters. The number of rotatable bonds is 7. The van der Waals surface area contributed by atoms with Gasteiger partial charge in [-0.1, -0.05) is 18.2 Å². The van der Waals surface area contributed by atoms with Crippen molar-refractivity contribution in [2.24, 2.45) is 0 Å². The van der Waals surface area contributed by atoms with Gasteiger partial charge < -0.3 is 15.5 Å². The van der Waals surface area contributed by atoms with Crippen molar-refractivity contribution in [1.82, 2.24) is 10.6 Å². The SMILES string of the molecule is CNC(=O)c1ccc(C[NH+](C)CC(=O)N[C@@H](C)c2cccs2)cc1. The average Bonchev–Trinajstić information content (AvgIpc) is 3.09. The molecule has 5 nitrogen and oxygen atoms in total. The smallest absolute Gasteiger partial charge is 0.275 e. The Kier molecular flexibility index (Phi) is 6.52. The highest BCUT2D eigenvalue weighted by Gasteiger charge is 2.15. The van der Waals surface area contributed by atoms with E-state index in [0.717, 1.165) is 21.9 Å². The van der Waals surface area contributed by atoms with Crippen molar-refractivity contribution in [1.29, 1.82) is 0 Å². The number of nitrogens with one attached hydrogen (secondary N) is 3. The summed E-state index contributed by atoms with van der Waals surface area (Å²) in [4.78, 5) is 25.9. The third-order valence-electron chi connectivity index (χ3n) is 3.76. The van der Waals surface area contributed by atoms with Gasteiger partial charge in [-0.05, 0) is 30.5 Å². The zero-order chi connectivity index (χ0) is 17.5. The zero-order valence-electron chi connectivity index (χ0n) is 14.3. The van der Waals surface area contributed by atoms with Crippen molar-refractivity contribution in [3.63, 3.8) is 0 Å². The third kappa shape index (κ3) is 5.18. The molecule has 0 aliphatic rings. The standard InChI is InChI=1S/C18H23N3O2S/c1-13(16-5-4-10-24-16)20-17(22)12-21(3)11-14-6-8-15(9-7-14)18(23)19-2/h4-10,13H,11-12H2,1-3H3,(H,19,23)(H,20,22)/p+1/t13-/m0/s1. The predicted molar refractivity (Wildman–Crippen MR) is 96.2 cm³/mol. The number of benzene rings is 1. The lowest BCUT2D eigenvalue weighted by Crippen LogP contribution is -3.08. The van der Waals surface area contributed by atoms with Crippen molar-refractivity contribution in [2.75, 3.05) is 20.6 Å². The van der Waals surface area contributed by atoms with Crippen molar-refractivity contribution in [3.05, 3.63) is 57.8 Å². The maximum atomic E-state index is 12.2. The lowest BCUT2D eigenvalue weighted by Gasteiger charge is -2.16. The molecule has 0 fully saturated rings. The number of amides is 2. The molecule has 2 amide bonds. The molecule has 0 saturated carbocycles. The van der Waals surface area contributed by atoms with Gasteiger partial charge in [0.2, 0.25) is 0 Å². The first kappa shape index (κ1) is 18.2. The summed E-state index contributed by atoms with van der Waals surface area (Å²) in [5.74, 6) is -0.0559. The summed E-state index contributed by atoms with van der Waals surface area (Å²) in [6.45, 7) is 3.14. The molecule has 3 N–H and O–H groups in total. The molecule has 0 spiro atoms. The van der Waals surface area contributed by atoms with Crippen LogP contribution >= 0.6 is 11.3 Å². The van der Waals surface area contributed by atoms with Gasteiger partial charge in [0, 0.05) is 23.1 Å². The van der Waals surface area contributed by atoms with Gasteiger partial charge in [0.1, 0.15) is 6.54 Å². The Labute approximate surface area is 146 Å². The van der Waals surface area contributed by atoms with E-state index in [0.29, 0.717) is 12.1 Å². The van der Waals surface area contributed by atoms with Crippen LogP contribution in [0.5, 0.6) is 0 Å². The molecule has 6 heteroatoms. The van der Waals surface area contributed by atoms with Gasteiger partial charge in [0.15, 0.2) is 6.54 Å².